The van der Waals surface area contributed by atoms with Crippen LogP contribution in [-0.4, -0.2) is 42.5 Å². The van der Waals surface area contributed by atoms with Gasteiger partial charge in [0.1, 0.15) is 0 Å². The summed E-state index contributed by atoms with van der Waals surface area (Å²) in [6.07, 6.45) is 7.31. The van der Waals surface area contributed by atoms with E-state index in [2.05, 4.69) is 21.9 Å². The van der Waals surface area contributed by atoms with Crippen molar-refractivity contribution < 1.29 is 0 Å². The molecule has 1 aromatic rings. The molecule has 2 N–H and O–H groups in total. The molecule has 1 saturated carbocycles. The summed E-state index contributed by atoms with van der Waals surface area (Å²) in [4.78, 5) is 5.26. The molecule has 1 saturated heterocycles. The van der Waals surface area contributed by atoms with Crippen molar-refractivity contribution in [3.05, 3.63) is 29.8 Å². The number of rotatable bonds is 4. The third kappa shape index (κ3) is 4.45. The van der Waals surface area contributed by atoms with E-state index < -0.39 is 0 Å². The van der Waals surface area contributed by atoms with Gasteiger partial charge in [0.15, 0.2) is 0 Å². The van der Waals surface area contributed by atoms with E-state index in [0.717, 1.165) is 18.2 Å². The van der Waals surface area contributed by atoms with Gasteiger partial charge < -0.3 is 10.6 Å². The summed E-state index contributed by atoms with van der Waals surface area (Å²) >= 11 is 0. The van der Waals surface area contributed by atoms with Crippen molar-refractivity contribution in [2.24, 2.45) is 5.92 Å². The minimum Gasteiger partial charge on any atom is -0.399 e. The monoisotopic (exact) mass is 287 g/mol. The van der Waals surface area contributed by atoms with Crippen LogP contribution < -0.4 is 5.73 Å². The van der Waals surface area contributed by atoms with E-state index in [0.29, 0.717) is 0 Å². The Morgan fingerprint density at radius 3 is 2.14 bits per heavy atom. The van der Waals surface area contributed by atoms with Crippen LogP contribution >= 0.6 is 0 Å². The largest absolute Gasteiger partial charge is 0.399 e. The van der Waals surface area contributed by atoms with Gasteiger partial charge >= 0.3 is 0 Å². The molecule has 0 radical (unpaired) electrons. The first-order valence-corrected chi connectivity index (χ1v) is 8.59. The Morgan fingerprint density at radius 2 is 1.48 bits per heavy atom. The summed E-state index contributed by atoms with van der Waals surface area (Å²) in [5.41, 5.74) is 7.98. The number of nitrogens with zero attached hydrogens (tertiary/aromatic N) is 2. The standard InChI is InChI=1S/C18H29N3/c19-18-8-6-17(7-9-18)15-21-12-10-20(11-13-21)14-16-4-2-1-3-5-16/h6-9,16H,1-5,10-15,19H2. The molecular formula is C18H29N3. The number of anilines is 1. The van der Waals surface area contributed by atoms with Crippen LogP contribution in [-0.2, 0) is 6.54 Å². The Morgan fingerprint density at radius 1 is 0.857 bits per heavy atom. The van der Waals surface area contributed by atoms with E-state index in [1.54, 1.807) is 0 Å². The lowest BCUT2D eigenvalue weighted by atomic mass is 9.89. The molecule has 2 fully saturated rings. The predicted molar refractivity (Wildman–Crippen MR) is 89.1 cm³/mol. The highest BCUT2D eigenvalue weighted by Gasteiger charge is 2.21. The van der Waals surface area contributed by atoms with Gasteiger partial charge in [-0.2, -0.15) is 0 Å². The zero-order valence-corrected chi connectivity index (χ0v) is 13.1. The maximum atomic E-state index is 5.75. The van der Waals surface area contributed by atoms with E-state index in [9.17, 15) is 0 Å². The summed E-state index contributed by atoms with van der Waals surface area (Å²) < 4.78 is 0. The molecule has 116 valence electrons. The van der Waals surface area contributed by atoms with E-state index in [-0.39, 0.29) is 0 Å². The second-order valence-corrected chi connectivity index (χ2v) is 6.82. The summed E-state index contributed by atoms with van der Waals surface area (Å²) in [5.74, 6) is 0.974. The number of nitrogen functional groups attached to an aromatic ring is 1. The zero-order valence-electron chi connectivity index (χ0n) is 13.1. The van der Waals surface area contributed by atoms with Crippen molar-refractivity contribution in [1.82, 2.24) is 9.80 Å². The summed E-state index contributed by atoms with van der Waals surface area (Å²) in [6, 6.07) is 8.33. The van der Waals surface area contributed by atoms with E-state index in [1.165, 1.54) is 70.4 Å². The van der Waals surface area contributed by atoms with Crippen LogP contribution in [0.1, 0.15) is 37.7 Å². The van der Waals surface area contributed by atoms with Gasteiger partial charge in [-0.25, -0.2) is 0 Å². The number of hydrogen-bond donors (Lipinski definition) is 1. The molecule has 21 heavy (non-hydrogen) atoms. The first kappa shape index (κ1) is 14.9. The molecule has 0 bridgehead atoms. The van der Waals surface area contributed by atoms with Crippen molar-refractivity contribution in [2.45, 2.75) is 38.6 Å². The van der Waals surface area contributed by atoms with Gasteiger partial charge in [0.2, 0.25) is 0 Å². The summed E-state index contributed by atoms with van der Waals surface area (Å²) in [5, 5.41) is 0. The van der Waals surface area contributed by atoms with Crippen molar-refractivity contribution in [3.63, 3.8) is 0 Å². The van der Waals surface area contributed by atoms with Crippen molar-refractivity contribution >= 4 is 5.69 Å². The van der Waals surface area contributed by atoms with E-state index in [1.807, 2.05) is 12.1 Å². The minimum absolute atomic E-state index is 0.857. The normalized spacial score (nSPS) is 22.5. The molecule has 1 heterocycles. The molecule has 3 rings (SSSR count). The van der Waals surface area contributed by atoms with Crippen molar-refractivity contribution in [1.29, 1.82) is 0 Å². The highest BCUT2D eigenvalue weighted by Crippen LogP contribution is 2.24. The second kappa shape index (κ2) is 7.28. The maximum Gasteiger partial charge on any atom is 0.0314 e. The first-order chi connectivity index (χ1) is 10.3. The average molecular weight is 287 g/mol. The molecule has 2 aliphatic rings. The van der Waals surface area contributed by atoms with Crippen LogP contribution in [0.25, 0.3) is 0 Å². The molecule has 1 aromatic carbocycles. The Labute approximate surface area is 129 Å². The summed E-state index contributed by atoms with van der Waals surface area (Å²) in [6.45, 7) is 7.30. The molecule has 3 heteroatoms. The van der Waals surface area contributed by atoms with Crippen LogP contribution in [0.4, 0.5) is 5.69 Å². The average Bonchev–Trinajstić information content (AvgIpc) is 2.53. The van der Waals surface area contributed by atoms with Crippen molar-refractivity contribution in [2.75, 3.05) is 38.5 Å². The highest BCUT2D eigenvalue weighted by atomic mass is 15.3. The summed E-state index contributed by atoms with van der Waals surface area (Å²) in [7, 11) is 0. The lowest BCUT2D eigenvalue weighted by Gasteiger charge is -2.37. The number of piperazine rings is 1. The van der Waals surface area contributed by atoms with Gasteiger partial charge in [-0.3, -0.25) is 4.90 Å². The number of benzene rings is 1. The van der Waals surface area contributed by atoms with Gasteiger partial charge in [-0.05, 0) is 36.5 Å². The zero-order chi connectivity index (χ0) is 14.5. The Bertz CT molecular complexity index is 415. The van der Waals surface area contributed by atoms with Gasteiger partial charge in [-0.1, -0.05) is 31.4 Å². The fourth-order valence-electron chi connectivity index (χ4n) is 3.75. The third-order valence-electron chi connectivity index (χ3n) is 5.09. The number of nitrogens with two attached hydrogens (primary N) is 1. The SMILES string of the molecule is Nc1ccc(CN2CCN(CC3CCCCC3)CC2)cc1. The maximum absolute atomic E-state index is 5.75. The number of hydrogen-bond acceptors (Lipinski definition) is 3. The Balaban J connectivity index is 1.41. The van der Waals surface area contributed by atoms with Crippen LogP contribution in [0.15, 0.2) is 24.3 Å². The molecule has 0 spiro atoms. The Kier molecular flexibility index (Phi) is 5.15. The fourth-order valence-corrected chi connectivity index (χ4v) is 3.75. The molecule has 3 nitrogen and oxygen atoms in total. The Hall–Kier alpha value is -1.06. The van der Waals surface area contributed by atoms with Crippen molar-refractivity contribution in [3.8, 4) is 0 Å². The first-order valence-electron chi connectivity index (χ1n) is 8.59. The molecular weight excluding hydrogens is 258 g/mol. The van der Waals surface area contributed by atoms with Crippen LogP contribution in [0.2, 0.25) is 0 Å². The highest BCUT2D eigenvalue weighted by molar-refractivity contribution is 5.39. The molecule has 1 aliphatic heterocycles. The smallest absolute Gasteiger partial charge is 0.0314 e. The van der Waals surface area contributed by atoms with Crippen LogP contribution in [0, 0.1) is 5.92 Å². The second-order valence-electron chi connectivity index (χ2n) is 6.82. The van der Waals surface area contributed by atoms with Gasteiger partial charge in [0, 0.05) is 45.0 Å². The lowest BCUT2D eigenvalue weighted by molar-refractivity contribution is 0.105. The topological polar surface area (TPSA) is 32.5 Å². The molecule has 0 amide bonds. The third-order valence-corrected chi connectivity index (χ3v) is 5.09. The quantitative estimate of drug-likeness (QED) is 0.864. The van der Waals surface area contributed by atoms with Gasteiger partial charge in [-0.15, -0.1) is 0 Å². The predicted octanol–water partition coefficient (Wildman–Crippen LogP) is 2.97. The molecule has 1 aliphatic carbocycles. The molecule has 0 atom stereocenters. The van der Waals surface area contributed by atoms with Gasteiger partial charge in [0.25, 0.3) is 0 Å². The van der Waals surface area contributed by atoms with Crippen LogP contribution in [0.3, 0.4) is 0 Å². The van der Waals surface area contributed by atoms with Crippen LogP contribution in [0.5, 0.6) is 0 Å². The molecule has 0 aromatic heterocycles. The van der Waals surface area contributed by atoms with Gasteiger partial charge in [0.05, 0.1) is 0 Å². The molecule has 0 unspecified atom stereocenters. The van der Waals surface area contributed by atoms with E-state index >= 15 is 0 Å². The fraction of sp³-hybridized carbons (Fsp3) is 0.667. The lowest BCUT2D eigenvalue weighted by Crippen LogP contribution is -2.47. The van der Waals surface area contributed by atoms with E-state index in [4.69, 9.17) is 5.73 Å². The minimum atomic E-state index is 0.857.